The van der Waals surface area contributed by atoms with E-state index >= 15 is 0 Å². The molecule has 11 nitrogen and oxygen atoms in total. The second-order valence-electron chi connectivity index (χ2n) is 4.57. The molecule has 0 saturated carbocycles. The van der Waals surface area contributed by atoms with Gasteiger partial charge in [0.2, 0.25) is 0 Å². The summed E-state index contributed by atoms with van der Waals surface area (Å²) in [5.41, 5.74) is 7.21. The lowest BCUT2D eigenvalue weighted by atomic mass is 10.1. The van der Waals surface area contributed by atoms with Gasteiger partial charge in [-0.2, -0.15) is 0 Å². The quantitative estimate of drug-likeness (QED) is 0.315. The molecule has 0 spiro atoms. The third kappa shape index (κ3) is 3.17. The number of hydrogen-bond donors (Lipinski definition) is 2. The minimum absolute atomic E-state index is 0.261. The molecule has 118 valence electrons. The van der Waals surface area contributed by atoms with Crippen molar-refractivity contribution in [3.05, 3.63) is 43.5 Å². The van der Waals surface area contributed by atoms with Crippen molar-refractivity contribution in [1.82, 2.24) is 9.55 Å². The average molecular weight is 311 g/mol. The van der Waals surface area contributed by atoms with Crippen LogP contribution in [0.25, 0.3) is 10.4 Å². The molecule has 1 aliphatic rings. The van der Waals surface area contributed by atoms with Crippen LogP contribution >= 0.6 is 0 Å². The van der Waals surface area contributed by atoms with Crippen LogP contribution in [0.15, 0.2) is 27.0 Å². The molecule has 0 bridgehead atoms. The molecule has 1 saturated heterocycles. The number of aliphatic hydroxyl groups is 1. The molecule has 0 amide bonds. The zero-order valence-electron chi connectivity index (χ0n) is 11.4. The summed E-state index contributed by atoms with van der Waals surface area (Å²) < 4.78 is 11.2. The molecular weight excluding hydrogens is 298 g/mol. The summed E-state index contributed by atoms with van der Waals surface area (Å²) in [5, 5.41) is 13.5. The molecule has 0 aliphatic carbocycles. The molecular formula is C11H13N5O6. The number of carbonyl (C=O) groups excluding carboxylic acids is 1. The number of rotatable bonds is 4. The van der Waals surface area contributed by atoms with E-state index in [-0.39, 0.29) is 6.61 Å². The first-order chi connectivity index (χ1) is 10.4. The molecule has 1 unspecified atom stereocenters. The number of aromatic nitrogens is 2. The molecule has 2 N–H and O–H groups in total. The highest BCUT2D eigenvalue weighted by Crippen LogP contribution is 2.31. The second-order valence-corrected chi connectivity index (χ2v) is 4.57. The Morgan fingerprint density at radius 3 is 2.95 bits per heavy atom. The molecule has 0 aromatic carbocycles. The zero-order chi connectivity index (χ0) is 16.3. The molecule has 1 fully saturated rings. The zero-order valence-corrected chi connectivity index (χ0v) is 11.4. The lowest BCUT2D eigenvalue weighted by Gasteiger charge is -2.17. The fraction of sp³-hybridized carbons (Fsp3) is 0.545. The van der Waals surface area contributed by atoms with Crippen LogP contribution in [0.3, 0.4) is 0 Å². The number of nitrogens with one attached hydrogen (secondary N) is 1. The Balaban J connectivity index is 2.32. The van der Waals surface area contributed by atoms with Gasteiger partial charge in [-0.25, -0.2) is 4.79 Å². The van der Waals surface area contributed by atoms with E-state index in [1.807, 2.05) is 4.98 Å². The molecule has 0 radical (unpaired) electrons. The average Bonchev–Trinajstić information content (AvgIpc) is 2.74. The Labute approximate surface area is 122 Å². The van der Waals surface area contributed by atoms with Crippen molar-refractivity contribution in [3.63, 3.8) is 0 Å². The van der Waals surface area contributed by atoms with Crippen molar-refractivity contribution < 1.29 is 19.4 Å². The summed E-state index contributed by atoms with van der Waals surface area (Å²) in [5.74, 6) is -0.569. The van der Waals surface area contributed by atoms with Gasteiger partial charge in [0.1, 0.15) is 25.0 Å². The molecule has 1 aliphatic heterocycles. The Hall–Kier alpha value is -2.62. The van der Waals surface area contributed by atoms with E-state index in [0.29, 0.717) is 0 Å². The molecule has 11 heteroatoms. The molecule has 1 aromatic heterocycles. The third-order valence-electron chi connectivity index (χ3n) is 3.10. The van der Waals surface area contributed by atoms with E-state index in [1.165, 1.54) is 6.92 Å². The summed E-state index contributed by atoms with van der Waals surface area (Å²) in [6.07, 6.45) is -2.22. The van der Waals surface area contributed by atoms with Gasteiger partial charge in [0.25, 0.3) is 5.56 Å². The van der Waals surface area contributed by atoms with Crippen molar-refractivity contribution in [2.45, 2.75) is 31.4 Å². The number of azide groups is 1. The highest BCUT2D eigenvalue weighted by atomic mass is 16.6. The monoisotopic (exact) mass is 311 g/mol. The number of hydrogen-bond acceptors (Lipinski definition) is 7. The van der Waals surface area contributed by atoms with E-state index in [1.54, 1.807) is 0 Å². The number of aliphatic hydroxyl groups excluding tert-OH is 1. The summed E-state index contributed by atoms with van der Waals surface area (Å²) in [6.45, 7) is 0.929. The summed E-state index contributed by atoms with van der Waals surface area (Å²) in [7, 11) is 0. The standard InChI is InChI=1S/C11H13N5O6/c1-5(17)21-4-6-9(19)8(14-15-12)10(22-6)16-3-2-7(18)13-11(16)20/h2-3,6,8-10,19H,4H2,1H3,(H,13,18,20)/t6-,8?,9+,10-/m1/s1. The van der Waals surface area contributed by atoms with Crippen molar-refractivity contribution in [3.8, 4) is 0 Å². The fourth-order valence-electron chi connectivity index (χ4n) is 2.11. The van der Waals surface area contributed by atoms with Gasteiger partial charge in [0.15, 0.2) is 0 Å². The first kappa shape index (κ1) is 15.8. The van der Waals surface area contributed by atoms with Crippen LogP contribution < -0.4 is 11.2 Å². The van der Waals surface area contributed by atoms with Gasteiger partial charge in [-0.1, -0.05) is 5.11 Å². The van der Waals surface area contributed by atoms with Crippen LogP contribution in [0.4, 0.5) is 0 Å². The molecule has 22 heavy (non-hydrogen) atoms. The topological polar surface area (TPSA) is 159 Å². The largest absolute Gasteiger partial charge is 0.463 e. The lowest BCUT2D eigenvalue weighted by molar-refractivity contribution is -0.147. The highest BCUT2D eigenvalue weighted by Gasteiger charge is 2.45. The van der Waals surface area contributed by atoms with Crippen molar-refractivity contribution in [2.75, 3.05) is 6.61 Å². The second kappa shape index (κ2) is 6.43. The van der Waals surface area contributed by atoms with Gasteiger partial charge in [-0.3, -0.25) is 19.1 Å². The molecule has 2 rings (SSSR count). The minimum Gasteiger partial charge on any atom is -0.463 e. The minimum atomic E-state index is -1.28. The van der Waals surface area contributed by atoms with Gasteiger partial charge >= 0.3 is 11.7 Å². The van der Waals surface area contributed by atoms with Gasteiger partial charge in [0, 0.05) is 24.1 Å². The smallest absolute Gasteiger partial charge is 0.330 e. The molecule has 2 heterocycles. The molecule has 4 atom stereocenters. The third-order valence-corrected chi connectivity index (χ3v) is 3.10. The summed E-state index contributed by atoms with van der Waals surface area (Å²) in [4.78, 5) is 38.3. The van der Waals surface area contributed by atoms with E-state index in [9.17, 15) is 19.5 Å². The Morgan fingerprint density at radius 1 is 1.64 bits per heavy atom. The highest BCUT2D eigenvalue weighted by molar-refractivity contribution is 5.65. The Morgan fingerprint density at radius 2 is 2.36 bits per heavy atom. The Kier molecular flexibility index (Phi) is 4.61. The number of nitrogens with zero attached hydrogens (tertiary/aromatic N) is 4. The van der Waals surface area contributed by atoms with E-state index < -0.39 is 41.7 Å². The number of carbonyl (C=O) groups is 1. The van der Waals surface area contributed by atoms with Crippen LogP contribution in [0.1, 0.15) is 13.2 Å². The fourth-order valence-corrected chi connectivity index (χ4v) is 2.11. The number of esters is 1. The number of H-pyrrole nitrogens is 1. The van der Waals surface area contributed by atoms with Gasteiger partial charge in [0.05, 0.1) is 6.10 Å². The van der Waals surface area contributed by atoms with Gasteiger partial charge < -0.3 is 14.6 Å². The summed E-state index contributed by atoms with van der Waals surface area (Å²) >= 11 is 0. The van der Waals surface area contributed by atoms with Gasteiger partial charge in [-0.15, -0.1) is 0 Å². The Bertz CT molecular complexity index is 720. The number of aromatic amines is 1. The van der Waals surface area contributed by atoms with Gasteiger partial charge in [-0.05, 0) is 5.53 Å². The SMILES string of the molecule is CC(=O)OC[C@H]1O[C@@H](n2ccc(=O)[nH]c2=O)C(N=[N+]=[N-])[C@H]1O. The predicted octanol–water partition coefficient (Wildman–Crippen LogP) is -0.963. The maximum absolute atomic E-state index is 11.8. The normalized spacial score (nSPS) is 27.2. The first-order valence-corrected chi connectivity index (χ1v) is 6.26. The van der Waals surface area contributed by atoms with Crippen LogP contribution in [-0.2, 0) is 14.3 Å². The van der Waals surface area contributed by atoms with Crippen LogP contribution in [0, 0.1) is 0 Å². The van der Waals surface area contributed by atoms with E-state index in [2.05, 4.69) is 10.0 Å². The first-order valence-electron chi connectivity index (χ1n) is 6.26. The van der Waals surface area contributed by atoms with E-state index in [0.717, 1.165) is 16.8 Å². The van der Waals surface area contributed by atoms with Crippen LogP contribution in [-0.4, -0.2) is 45.5 Å². The summed E-state index contributed by atoms with van der Waals surface area (Å²) in [6, 6.07) is -0.0295. The van der Waals surface area contributed by atoms with Crippen LogP contribution in [0.5, 0.6) is 0 Å². The maximum atomic E-state index is 11.8. The lowest BCUT2D eigenvalue weighted by Crippen LogP contribution is -2.36. The maximum Gasteiger partial charge on any atom is 0.330 e. The van der Waals surface area contributed by atoms with E-state index in [4.69, 9.17) is 15.0 Å². The molecule has 1 aromatic rings. The predicted molar refractivity (Wildman–Crippen MR) is 70.8 cm³/mol. The van der Waals surface area contributed by atoms with Crippen molar-refractivity contribution in [2.24, 2.45) is 5.11 Å². The van der Waals surface area contributed by atoms with Crippen molar-refractivity contribution in [1.29, 1.82) is 0 Å². The number of ether oxygens (including phenoxy) is 2. The van der Waals surface area contributed by atoms with Crippen LogP contribution in [0.2, 0.25) is 0 Å². The van der Waals surface area contributed by atoms with Crippen molar-refractivity contribution >= 4 is 5.97 Å².